The molecule has 0 aromatic rings. The zero-order chi connectivity index (χ0) is 13.6. The minimum absolute atomic E-state index is 0.0820. The van der Waals surface area contributed by atoms with Gasteiger partial charge in [0.15, 0.2) is 0 Å². The Morgan fingerprint density at radius 2 is 1.94 bits per heavy atom. The third-order valence-electron chi connectivity index (χ3n) is 2.89. The van der Waals surface area contributed by atoms with Gasteiger partial charge in [-0.2, -0.15) is 0 Å². The highest BCUT2D eigenvalue weighted by molar-refractivity contribution is 5.66. The van der Waals surface area contributed by atoms with Crippen molar-refractivity contribution in [1.82, 2.24) is 0 Å². The fourth-order valence-electron chi connectivity index (χ4n) is 1.95. The van der Waals surface area contributed by atoms with E-state index in [4.69, 9.17) is 4.74 Å². The highest BCUT2D eigenvalue weighted by Crippen LogP contribution is 2.14. The molecule has 0 radical (unpaired) electrons. The summed E-state index contributed by atoms with van der Waals surface area (Å²) in [6.07, 6.45) is 15.0. The van der Waals surface area contributed by atoms with Crippen molar-refractivity contribution in [1.29, 1.82) is 0 Å². The van der Waals surface area contributed by atoms with E-state index >= 15 is 0 Å². The predicted molar refractivity (Wildman–Crippen MR) is 77.5 cm³/mol. The van der Waals surface area contributed by atoms with Crippen LogP contribution < -0.4 is 0 Å². The standard InChI is InChI=1S/C16H28O2/c1-4-6-8-10-12-14-16(18-15(3)17)13-11-9-7-5-2/h5,7,9,16H,2,4,6,8,10-14H2,1,3H3. The molecule has 0 fully saturated rings. The van der Waals surface area contributed by atoms with Gasteiger partial charge in [0.25, 0.3) is 0 Å². The van der Waals surface area contributed by atoms with E-state index in [2.05, 4.69) is 19.6 Å². The second-order valence-corrected chi connectivity index (χ2v) is 4.68. The van der Waals surface area contributed by atoms with Crippen LogP contribution in [0.15, 0.2) is 24.8 Å². The van der Waals surface area contributed by atoms with Crippen molar-refractivity contribution in [2.24, 2.45) is 0 Å². The van der Waals surface area contributed by atoms with Gasteiger partial charge < -0.3 is 4.74 Å². The molecule has 1 unspecified atom stereocenters. The molecule has 0 aliphatic heterocycles. The van der Waals surface area contributed by atoms with Gasteiger partial charge in [-0.05, 0) is 25.7 Å². The molecule has 0 N–H and O–H groups in total. The Bertz CT molecular complexity index is 243. The Kier molecular flexibility index (Phi) is 11.7. The lowest BCUT2D eigenvalue weighted by Crippen LogP contribution is -2.16. The van der Waals surface area contributed by atoms with Crippen LogP contribution in [0.25, 0.3) is 0 Å². The lowest BCUT2D eigenvalue weighted by Gasteiger charge is -2.16. The zero-order valence-corrected chi connectivity index (χ0v) is 12.0. The average molecular weight is 252 g/mol. The number of hydrogen-bond donors (Lipinski definition) is 0. The summed E-state index contributed by atoms with van der Waals surface area (Å²) >= 11 is 0. The van der Waals surface area contributed by atoms with E-state index in [0.717, 1.165) is 25.7 Å². The number of hydrogen-bond acceptors (Lipinski definition) is 2. The fraction of sp³-hybridized carbons (Fsp3) is 0.688. The molecule has 0 aromatic carbocycles. The summed E-state index contributed by atoms with van der Waals surface area (Å²) in [5.41, 5.74) is 0. The van der Waals surface area contributed by atoms with E-state index in [-0.39, 0.29) is 12.1 Å². The Labute approximate surface area is 112 Å². The van der Waals surface area contributed by atoms with Crippen molar-refractivity contribution in [3.8, 4) is 0 Å². The summed E-state index contributed by atoms with van der Waals surface area (Å²) in [5.74, 6) is -0.166. The molecule has 0 bridgehead atoms. The molecule has 0 amide bonds. The van der Waals surface area contributed by atoms with Crippen LogP contribution in [0, 0.1) is 0 Å². The quantitative estimate of drug-likeness (QED) is 0.300. The third-order valence-corrected chi connectivity index (χ3v) is 2.89. The molecule has 104 valence electrons. The number of esters is 1. The highest BCUT2D eigenvalue weighted by Gasteiger charge is 2.10. The molecule has 0 saturated carbocycles. The summed E-state index contributed by atoms with van der Waals surface area (Å²) in [5, 5.41) is 0. The van der Waals surface area contributed by atoms with Crippen molar-refractivity contribution < 1.29 is 9.53 Å². The fourth-order valence-corrected chi connectivity index (χ4v) is 1.95. The Hall–Kier alpha value is -1.05. The molecule has 18 heavy (non-hydrogen) atoms. The van der Waals surface area contributed by atoms with Gasteiger partial charge in [0.1, 0.15) is 6.10 Å². The third kappa shape index (κ3) is 11.4. The maximum absolute atomic E-state index is 11.0. The summed E-state index contributed by atoms with van der Waals surface area (Å²) in [7, 11) is 0. The van der Waals surface area contributed by atoms with Crippen molar-refractivity contribution in [3.05, 3.63) is 24.8 Å². The summed E-state index contributed by atoms with van der Waals surface area (Å²) in [6.45, 7) is 7.34. The van der Waals surface area contributed by atoms with Gasteiger partial charge in [-0.15, -0.1) is 0 Å². The topological polar surface area (TPSA) is 26.3 Å². The van der Waals surface area contributed by atoms with Crippen molar-refractivity contribution in [3.63, 3.8) is 0 Å². The van der Waals surface area contributed by atoms with E-state index in [0.29, 0.717) is 0 Å². The van der Waals surface area contributed by atoms with Crippen molar-refractivity contribution in [2.45, 2.75) is 71.3 Å². The molecule has 0 aliphatic rings. The zero-order valence-electron chi connectivity index (χ0n) is 12.0. The first-order valence-corrected chi connectivity index (χ1v) is 7.15. The molecule has 0 aliphatic carbocycles. The minimum atomic E-state index is -0.166. The maximum Gasteiger partial charge on any atom is 0.302 e. The van der Waals surface area contributed by atoms with Crippen LogP contribution in [-0.2, 0) is 9.53 Å². The summed E-state index contributed by atoms with van der Waals surface area (Å²) in [6, 6.07) is 0. The number of carbonyl (C=O) groups excluding carboxylic acids is 1. The van der Waals surface area contributed by atoms with Crippen molar-refractivity contribution in [2.75, 3.05) is 0 Å². The SMILES string of the molecule is C=CC=CCCC(CCCCCCC)OC(C)=O. The molecule has 0 heterocycles. The first-order chi connectivity index (χ1) is 8.70. The van der Waals surface area contributed by atoms with Crippen LogP contribution >= 0.6 is 0 Å². The van der Waals surface area contributed by atoms with E-state index in [9.17, 15) is 4.79 Å². The number of allylic oxidation sites excluding steroid dienone is 3. The normalized spacial score (nSPS) is 12.6. The van der Waals surface area contributed by atoms with Crippen molar-refractivity contribution >= 4 is 5.97 Å². The van der Waals surface area contributed by atoms with Gasteiger partial charge in [-0.25, -0.2) is 0 Å². The van der Waals surface area contributed by atoms with Crippen LogP contribution in [0.1, 0.15) is 65.2 Å². The molecule has 1 atom stereocenters. The Morgan fingerprint density at radius 1 is 1.22 bits per heavy atom. The first kappa shape index (κ1) is 16.9. The Balaban J connectivity index is 3.80. The van der Waals surface area contributed by atoms with Crippen LogP contribution in [0.4, 0.5) is 0 Å². The molecule has 2 nitrogen and oxygen atoms in total. The summed E-state index contributed by atoms with van der Waals surface area (Å²) in [4.78, 5) is 11.0. The van der Waals surface area contributed by atoms with E-state index in [1.807, 2.05) is 6.08 Å². The van der Waals surface area contributed by atoms with Gasteiger partial charge in [-0.1, -0.05) is 57.4 Å². The lowest BCUT2D eigenvalue weighted by molar-refractivity contribution is -0.146. The van der Waals surface area contributed by atoms with Crippen LogP contribution in [-0.4, -0.2) is 12.1 Å². The molecule has 2 heteroatoms. The van der Waals surface area contributed by atoms with Crippen LogP contribution in [0.2, 0.25) is 0 Å². The Morgan fingerprint density at radius 3 is 2.56 bits per heavy atom. The monoisotopic (exact) mass is 252 g/mol. The number of unbranched alkanes of at least 4 members (excludes halogenated alkanes) is 4. The predicted octanol–water partition coefficient (Wildman–Crippen LogP) is 4.80. The average Bonchev–Trinajstić information content (AvgIpc) is 2.33. The molecular weight excluding hydrogens is 224 g/mol. The van der Waals surface area contributed by atoms with E-state index in [1.54, 1.807) is 6.08 Å². The lowest BCUT2D eigenvalue weighted by atomic mass is 10.0. The van der Waals surface area contributed by atoms with Crippen LogP contribution in [0.5, 0.6) is 0 Å². The number of ether oxygens (including phenoxy) is 1. The molecular formula is C16H28O2. The van der Waals surface area contributed by atoms with Gasteiger partial charge in [0.05, 0.1) is 0 Å². The van der Waals surface area contributed by atoms with Gasteiger partial charge in [-0.3, -0.25) is 4.79 Å². The molecule has 0 saturated heterocycles. The molecule has 0 spiro atoms. The van der Waals surface area contributed by atoms with Gasteiger partial charge in [0.2, 0.25) is 0 Å². The largest absolute Gasteiger partial charge is 0.463 e. The second kappa shape index (κ2) is 12.4. The number of rotatable bonds is 11. The second-order valence-electron chi connectivity index (χ2n) is 4.68. The van der Waals surface area contributed by atoms with Crippen LogP contribution in [0.3, 0.4) is 0 Å². The first-order valence-electron chi connectivity index (χ1n) is 7.15. The van der Waals surface area contributed by atoms with Gasteiger partial charge >= 0.3 is 5.97 Å². The van der Waals surface area contributed by atoms with E-state index in [1.165, 1.54) is 32.6 Å². The van der Waals surface area contributed by atoms with Gasteiger partial charge in [0, 0.05) is 6.92 Å². The highest BCUT2D eigenvalue weighted by atomic mass is 16.5. The minimum Gasteiger partial charge on any atom is -0.463 e. The summed E-state index contributed by atoms with van der Waals surface area (Å²) < 4.78 is 5.34. The van der Waals surface area contributed by atoms with E-state index < -0.39 is 0 Å². The maximum atomic E-state index is 11.0. The molecule has 0 aromatic heterocycles. The molecule has 0 rings (SSSR count). The number of carbonyl (C=O) groups is 1. The smallest absolute Gasteiger partial charge is 0.302 e.